The molecule has 2 rings (SSSR count). The van der Waals surface area contributed by atoms with E-state index in [0.717, 1.165) is 0 Å². The molecule has 0 spiro atoms. The molecule has 29 heavy (non-hydrogen) atoms. The molecule has 2 amide bonds. The molecule has 0 fully saturated rings. The summed E-state index contributed by atoms with van der Waals surface area (Å²) in [6.07, 6.45) is 0. The third kappa shape index (κ3) is 6.49. The van der Waals surface area contributed by atoms with Gasteiger partial charge in [0.25, 0.3) is 0 Å². The predicted molar refractivity (Wildman–Crippen MR) is 109 cm³/mol. The van der Waals surface area contributed by atoms with E-state index in [-0.39, 0.29) is 18.4 Å². The molecule has 9 nitrogen and oxygen atoms in total. The second-order valence-corrected chi connectivity index (χ2v) is 6.48. The van der Waals surface area contributed by atoms with E-state index in [1.165, 1.54) is 0 Å². The number of carbonyl (C=O) groups excluding carboxylic acids is 2. The van der Waals surface area contributed by atoms with Crippen LogP contribution in [0.1, 0.15) is 26.5 Å². The van der Waals surface area contributed by atoms with E-state index in [1.807, 2.05) is 13.8 Å². The summed E-state index contributed by atoms with van der Waals surface area (Å²) in [6, 6.07) is 6.30. The van der Waals surface area contributed by atoms with Crippen molar-refractivity contribution in [3.05, 3.63) is 30.0 Å². The topological polar surface area (TPSA) is 106 Å². The van der Waals surface area contributed by atoms with Crippen molar-refractivity contribution in [3.63, 3.8) is 0 Å². The average molecular weight is 404 g/mol. The molecule has 1 atom stereocenters. The van der Waals surface area contributed by atoms with Crippen molar-refractivity contribution in [2.75, 3.05) is 37.4 Å². The van der Waals surface area contributed by atoms with Crippen LogP contribution in [0.2, 0.25) is 0 Å². The van der Waals surface area contributed by atoms with E-state index in [9.17, 15) is 9.59 Å². The number of aromatic nitrogens is 1. The minimum absolute atomic E-state index is 0.0314. The first kappa shape index (κ1) is 22.2. The Morgan fingerprint density at radius 1 is 1.14 bits per heavy atom. The van der Waals surface area contributed by atoms with Gasteiger partial charge in [-0.25, -0.2) is 0 Å². The van der Waals surface area contributed by atoms with Gasteiger partial charge in [0.05, 0.1) is 25.8 Å². The molecular weight excluding hydrogens is 376 g/mol. The van der Waals surface area contributed by atoms with Crippen LogP contribution < -0.4 is 20.1 Å². The molecule has 158 valence electrons. The van der Waals surface area contributed by atoms with Gasteiger partial charge in [-0.2, -0.15) is 0 Å². The summed E-state index contributed by atoms with van der Waals surface area (Å²) in [5, 5.41) is 9.20. The first-order valence-corrected chi connectivity index (χ1v) is 9.47. The molecular formula is C20H28N4O5. The van der Waals surface area contributed by atoms with Gasteiger partial charge in [-0.15, -0.1) is 0 Å². The Hall–Kier alpha value is -3.07. The normalized spacial score (nSPS) is 11.8. The summed E-state index contributed by atoms with van der Waals surface area (Å²) < 4.78 is 16.0. The van der Waals surface area contributed by atoms with Crippen molar-refractivity contribution in [2.45, 2.75) is 33.7 Å². The van der Waals surface area contributed by atoms with Crippen molar-refractivity contribution >= 4 is 23.3 Å². The highest BCUT2D eigenvalue weighted by atomic mass is 16.5. The third-order valence-electron chi connectivity index (χ3n) is 4.14. The van der Waals surface area contributed by atoms with Crippen molar-refractivity contribution in [1.29, 1.82) is 0 Å². The van der Waals surface area contributed by atoms with Crippen molar-refractivity contribution < 1.29 is 23.6 Å². The second-order valence-electron chi connectivity index (χ2n) is 6.48. The number of anilines is 2. The maximum Gasteiger partial charge on any atom is 0.242 e. The number of nitrogens with zero attached hydrogens (tertiary/aromatic N) is 2. The molecule has 0 saturated heterocycles. The van der Waals surface area contributed by atoms with Crippen LogP contribution in [0.4, 0.5) is 11.5 Å². The van der Waals surface area contributed by atoms with Crippen LogP contribution in [0.3, 0.4) is 0 Å². The first-order chi connectivity index (χ1) is 13.8. The summed E-state index contributed by atoms with van der Waals surface area (Å²) >= 11 is 0. The Labute approximate surface area is 170 Å². The standard InChI is InChI=1S/C20H28N4O5/c1-6-27-16-9-8-15(11-17(16)28-7-2)21-19(25)12-24(5)14(4)20(26)22-18-10-13(3)29-23-18/h8-11,14H,6-7,12H2,1-5H3,(H,21,25)(H,22,23,26). The predicted octanol–water partition coefficient (Wildman–Crippen LogP) is 2.68. The average Bonchev–Trinajstić information content (AvgIpc) is 3.08. The van der Waals surface area contributed by atoms with Crippen molar-refractivity contribution in [1.82, 2.24) is 10.1 Å². The van der Waals surface area contributed by atoms with Gasteiger partial charge in [-0.05, 0) is 46.9 Å². The third-order valence-corrected chi connectivity index (χ3v) is 4.14. The molecule has 1 unspecified atom stereocenters. The van der Waals surface area contributed by atoms with Gasteiger partial charge in [-0.1, -0.05) is 5.16 Å². The lowest BCUT2D eigenvalue weighted by Gasteiger charge is -2.23. The Bertz CT molecular complexity index is 836. The molecule has 0 aliphatic carbocycles. The largest absolute Gasteiger partial charge is 0.490 e. The molecule has 1 heterocycles. The molecule has 2 N–H and O–H groups in total. The van der Waals surface area contributed by atoms with Gasteiger partial charge in [0, 0.05) is 17.8 Å². The summed E-state index contributed by atoms with van der Waals surface area (Å²) in [5.41, 5.74) is 0.588. The van der Waals surface area contributed by atoms with E-state index in [2.05, 4.69) is 15.8 Å². The zero-order chi connectivity index (χ0) is 21.4. The maximum absolute atomic E-state index is 12.4. The smallest absolute Gasteiger partial charge is 0.242 e. The van der Waals surface area contributed by atoms with Crippen LogP contribution >= 0.6 is 0 Å². The molecule has 2 aromatic rings. The number of rotatable bonds is 10. The number of hydrogen-bond donors (Lipinski definition) is 2. The van der Waals surface area contributed by atoms with Gasteiger partial charge in [-0.3, -0.25) is 14.5 Å². The molecule has 0 radical (unpaired) electrons. The Morgan fingerprint density at radius 3 is 2.45 bits per heavy atom. The lowest BCUT2D eigenvalue weighted by atomic mass is 10.2. The molecule has 0 aliphatic rings. The minimum atomic E-state index is -0.544. The van der Waals surface area contributed by atoms with Gasteiger partial charge in [0.15, 0.2) is 17.3 Å². The van der Waals surface area contributed by atoms with Crippen LogP contribution in [0.5, 0.6) is 11.5 Å². The Kier molecular flexibility index (Phi) is 8.02. The first-order valence-electron chi connectivity index (χ1n) is 9.47. The monoisotopic (exact) mass is 404 g/mol. The number of benzene rings is 1. The van der Waals surface area contributed by atoms with Gasteiger partial charge in [0.2, 0.25) is 11.8 Å². The van der Waals surface area contributed by atoms with Crippen LogP contribution in [0.25, 0.3) is 0 Å². The zero-order valence-electron chi connectivity index (χ0n) is 17.4. The maximum atomic E-state index is 12.4. The number of ether oxygens (including phenoxy) is 2. The van der Waals surface area contributed by atoms with Crippen LogP contribution in [0, 0.1) is 6.92 Å². The number of aryl methyl sites for hydroxylation is 1. The lowest BCUT2D eigenvalue weighted by Crippen LogP contribution is -2.43. The fourth-order valence-electron chi connectivity index (χ4n) is 2.55. The van der Waals surface area contributed by atoms with Crippen LogP contribution in [-0.4, -0.2) is 54.7 Å². The van der Waals surface area contributed by atoms with E-state index >= 15 is 0 Å². The molecule has 0 saturated carbocycles. The van der Waals surface area contributed by atoms with Crippen molar-refractivity contribution in [2.24, 2.45) is 0 Å². The van der Waals surface area contributed by atoms with Gasteiger partial charge in [0.1, 0.15) is 5.76 Å². The van der Waals surface area contributed by atoms with Gasteiger partial charge < -0.3 is 24.6 Å². The number of likely N-dealkylation sites (N-methyl/N-ethyl adjacent to an activating group) is 1. The number of carbonyl (C=O) groups is 2. The highest BCUT2D eigenvalue weighted by Crippen LogP contribution is 2.30. The Balaban J connectivity index is 1.93. The number of hydrogen-bond acceptors (Lipinski definition) is 7. The number of amides is 2. The SMILES string of the molecule is CCOc1ccc(NC(=O)CN(C)C(C)C(=O)Nc2cc(C)on2)cc1OCC. The minimum Gasteiger partial charge on any atom is -0.490 e. The van der Waals surface area contributed by atoms with Crippen molar-refractivity contribution in [3.8, 4) is 11.5 Å². The molecule has 0 bridgehead atoms. The summed E-state index contributed by atoms with van der Waals surface area (Å²) in [7, 11) is 1.70. The fourth-order valence-corrected chi connectivity index (χ4v) is 2.55. The second kappa shape index (κ2) is 10.5. The molecule has 1 aromatic carbocycles. The quantitative estimate of drug-likeness (QED) is 0.627. The molecule has 0 aliphatic heterocycles. The van der Waals surface area contributed by atoms with E-state index < -0.39 is 6.04 Å². The summed E-state index contributed by atoms with van der Waals surface area (Å²) in [4.78, 5) is 26.4. The summed E-state index contributed by atoms with van der Waals surface area (Å²) in [6.45, 7) is 8.25. The lowest BCUT2D eigenvalue weighted by molar-refractivity contribution is -0.122. The fraction of sp³-hybridized carbons (Fsp3) is 0.450. The Morgan fingerprint density at radius 2 is 1.83 bits per heavy atom. The van der Waals surface area contributed by atoms with E-state index in [0.29, 0.717) is 42.0 Å². The molecule has 1 aromatic heterocycles. The zero-order valence-corrected chi connectivity index (χ0v) is 17.4. The molecule has 9 heteroatoms. The van der Waals surface area contributed by atoms with Crippen LogP contribution in [0.15, 0.2) is 28.8 Å². The van der Waals surface area contributed by atoms with E-state index in [1.54, 1.807) is 50.1 Å². The van der Waals surface area contributed by atoms with Crippen LogP contribution in [-0.2, 0) is 9.59 Å². The summed E-state index contributed by atoms with van der Waals surface area (Å²) in [5.74, 6) is 1.59. The van der Waals surface area contributed by atoms with E-state index in [4.69, 9.17) is 14.0 Å². The highest BCUT2D eigenvalue weighted by Gasteiger charge is 2.21. The van der Waals surface area contributed by atoms with Gasteiger partial charge >= 0.3 is 0 Å². The highest BCUT2D eigenvalue weighted by molar-refractivity contribution is 5.95. The number of nitrogens with one attached hydrogen (secondary N) is 2.